The van der Waals surface area contributed by atoms with Crippen molar-refractivity contribution < 1.29 is 27.1 Å². The summed E-state index contributed by atoms with van der Waals surface area (Å²) in [6.45, 7) is 8.23. The lowest BCUT2D eigenvalue weighted by atomic mass is 9.92. The van der Waals surface area contributed by atoms with Crippen molar-refractivity contribution in [3.05, 3.63) is 28.8 Å². The van der Waals surface area contributed by atoms with Gasteiger partial charge >= 0.3 is 0 Å². The highest BCUT2D eigenvalue weighted by atomic mass is 32.2. The zero-order chi connectivity index (χ0) is 24.2. The molecule has 8 nitrogen and oxygen atoms in total. The SMILES string of the molecule is CCOCCn1c(=NC(=O)CS(=O)(=O)CC(=O)N2CC(C)CC(C)C2)sc2cc(F)ccc21. The molecule has 11 heteroatoms. The van der Waals surface area contributed by atoms with Gasteiger partial charge in [0.15, 0.2) is 14.6 Å². The Balaban J connectivity index is 1.77. The summed E-state index contributed by atoms with van der Waals surface area (Å²) >= 11 is 1.10. The van der Waals surface area contributed by atoms with Crippen LogP contribution in [-0.4, -0.2) is 67.5 Å². The molecule has 1 aliphatic rings. The number of hydrogen-bond acceptors (Lipinski definition) is 6. The van der Waals surface area contributed by atoms with E-state index in [2.05, 4.69) is 4.99 Å². The van der Waals surface area contributed by atoms with E-state index in [0.717, 1.165) is 17.8 Å². The molecule has 0 saturated carbocycles. The number of carbonyl (C=O) groups is 2. The van der Waals surface area contributed by atoms with Crippen molar-refractivity contribution in [2.75, 3.05) is 37.8 Å². The maximum Gasteiger partial charge on any atom is 0.263 e. The smallest absolute Gasteiger partial charge is 0.263 e. The van der Waals surface area contributed by atoms with Crippen molar-refractivity contribution in [1.82, 2.24) is 9.47 Å². The minimum Gasteiger partial charge on any atom is -0.380 e. The van der Waals surface area contributed by atoms with Gasteiger partial charge in [0.1, 0.15) is 17.3 Å². The number of fused-ring (bicyclic) bond motifs is 1. The number of carbonyl (C=O) groups excluding carboxylic acids is 2. The van der Waals surface area contributed by atoms with E-state index in [1.54, 1.807) is 15.5 Å². The second-order valence-electron chi connectivity index (χ2n) is 8.63. The second kappa shape index (κ2) is 10.9. The number of thiazole rings is 1. The summed E-state index contributed by atoms with van der Waals surface area (Å²) in [7, 11) is -3.98. The zero-order valence-electron chi connectivity index (χ0n) is 19.1. The Labute approximate surface area is 197 Å². The molecule has 0 aliphatic carbocycles. The molecule has 1 fully saturated rings. The van der Waals surface area contributed by atoms with Crippen LogP contribution in [0.3, 0.4) is 0 Å². The van der Waals surface area contributed by atoms with Crippen molar-refractivity contribution in [3.63, 3.8) is 0 Å². The number of amides is 2. The molecule has 2 atom stereocenters. The quantitative estimate of drug-likeness (QED) is 0.519. The molecule has 0 radical (unpaired) electrons. The Morgan fingerprint density at radius 2 is 1.91 bits per heavy atom. The highest BCUT2D eigenvalue weighted by Crippen LogP contribution is 2.21. The lowest BCUT2D eigenvalue weighted by Gasteiger charge is -2.34. The monoisotopic (exact) mass is 499 g/mol. The molecule has 2 amide bonds. The average Bonchev–Trinajstić information content (AvgIpc) is 3.02. The number of likely N-dealkylation sites (tertiary alicyclic amines) is 1. The lowest BCUT2D eigenvalue weighted by Crippen LogP contribution is -2.45. The van der Waals surface area contributed by atoms with Gasteiger partial charge < -0.3 is 14.2 Å². The first-order valence-corrected chi connectivity index (χ1v) is 13.6. The molecule has 182 valence electrons. The van der Waals surface area contributed by atoms with Crippen LogP contribution in [0.5, 0.6) is 0 Å². The first kappa shape index (κ1) is 25.5. The summed E-state index contributed by atoms with van der Waals surface area (Å²) in [4.78, 5) is 30.9. The van der Waals surface area contributed by atoms with Crippen LogP contribution in [0.25, 0.3) is 10.2 Å². The highest BCUT2D eigenvalue weighted by molar-refractivity contribution is 7.92. The molecule has 1 aromatic heterocycles. The summed E-state index contributed by atoms with van der Waals surface area (Å²) < 4.78 is 46.4. The molecule has 2 unspecified atom stereocenters. The number of nitrogens with zero attached hydrogens (tertiary/aromatic N) is 3. The maximum absolute atomic E-state index is 13.7. The van der Waals surface area contributed by atoms with Gasteiger partial charge in [-0.05, 0) is 43.4 Å². The molecule has 2 heterocycles. The van der Waals surface area contributed by atoms with Gasteiger partial charge in [0, 0.05) is 26.2 Å². The topological polar surface area (TPSA) is 98.0 Å². The Morgan fingerprint density at radius 1 is 1.21 bits per heavy atom. The molecule has 33 heavy (non-hydrogen) atoms. The lowest BCUT2D eigenvalue weighted by molar-refractivity contribution is -0.131. The Kier molecular flexibility index (Phi) is 8.41. The predicted molar refractivity (Wildman–Crippen MR) is 125 cm³/mol. The summed E-state index contributed by atoms with van der Waals surface area (Å²) in [5, 5.41) is 0. The number of hydrogen-bond donors (Lipinski definition) is 0. The van der Waals surface area contributed by atoms with E-state index in [1.807, 2.05) is 20.8 Å². The van der Waals surface area contributed by atoms with E-state index < -0.39 is 39.0 Å². The van der Waals surface area contributed by atoms with Gasteiger partial charge in [-0.2, -0.15) is 4.99 Å². The van der Waals surface area contributed by atoms with Gasteiger partial charge in [-0.15, -0.1) is 0 Å². The fourth-order valence-electron chi connectivity index (χ4n) is 4.17. The third-order valence-corrected chi connectivity index (χ3v) is 7.85. The van der Waals surface area contributed by atoms with Gasteiger partial charge in [0.05, 0.1) is 16.8 Å². The van der Waals surface area contributed by atoms with Crippen LogP contribution < -0.4 is 4.80 Å². The Hall–Kier alpha value is -2.11. The minimum atomic E-state index is -3.98. The molecular formula is C22H30FN3O5S2. The normalized spacial score (nSPS) is 19.9. The van der Waals surface area contributed by atoms with Crippen LogP contribution in [0.15, 0.2) is 23.2 Å². The molecule has 1 aromatic carbocycles. The van der Waals surface area contributed by atoms with Crippen LogP contribution in [-0.2, 0) is 30.7 Å². The largest absolute Gasteiger partial charge is 0.380 e. The Morgan fingerprint density at radius 3 is 2.58 bits per heavy atom. The molecular weight excluding hydrogens is 469 g/mol. The van der Waals surface area contributed by atoms with Gasteiger partial charge in [-0.3, -0.25) is 9.59 Å². The molecule has 0 bridgehead atoms. The maximum atomic E-state index is 13.7. The van der Waals surface area contributed by atoms with Crippen molar-refractivity contribution >= 4 is 43.2 Å². The van der Waals surface area contributed by atoms with Gasteiger partial charge in [0.2, 0.25) is 5.91 Å². The van der Waals surface area contributed by atoms with E-state index in [1.165, 1.54) is 12.1 Å². The number of sulfone groups is 1. The summed E-state index contributed by atoms with van der Waals surface area (Å²) in [5.41, 5.74) is 0.680. The van der Waals surface area contributed by atoms with Crippen LogP contribution in [0, 0.1) is 17.7 Å². The standard InChI is InChI=1S/C22H30FN3O5S2/c1-4-31-8-7-26-18-6-5-17(23)10-19(18)32-22(26)24-20(27)13-33(29,30)14-21(28)25-11-15(2)9-16(3)12-25/h5-6,10,15-16H,4,7-9,11-14H2,1-3H3. The average molecular weight is 500 g/mol. The molecule has 2 aromatic rings. The van der Waals surface area contributed by atoms with Crippen molar-refractivity contribution in [2.45, 2.75) is 33.7 Å². The van der Waals surface area contributed by atoms with E-state index in [9.17, 15) is 22.4 Å². The first-order chi connectivity index (χ1) is 15.6. The molecule has 0 N–H and O–H groups in total. The van der Waals surface area contributed by atoms with Gasteiger partial charge in [0.25, 0.3) is 5.91 Å². The van der Waals surface area contributed by atoms with Crippen molar-refractivity contribution in [2.24, 2.45) is 16.8 Å². The van der Waals surface area contributed by atoms with E-state index in [4.69, 9.17) is 4.74 Å². The first-order valence-electron chi connectivity index (χ1n) is 11.0. The number of ether oxygens (including phenoxy) is 1. The Bertz CT molecular complexity index is 1180. The number of halogens is 1. The number of rotatable bonds is 8. The van der Waals surface area contributed by atoms with E-state index in [0.29, 0.717) is 54.9 Å². The van der Waals surface area contributed by atoms with Crippen LogP contribution in [0.4, 0.5) is 4.39 Å². The fourth-order valence-corrected chi connectivity index (χ4v) is 6.37. The van der Waals surface area contributed by atoms with Crippen LogP contribution in [0.1, 0.15) is 27.2 Å². The molecule has 3 rings (SSSR count). The van der Waals surface area contributed by atoms with Crippen LogP contribution >= 0.6 is 11.3 Å². The van der Waals surface area contributed by atoms with Gasteiger partial charge in [-0.1, -0.05) is 25.2 Å². The number of benzene rings is 1. The predicted octanol–water partition coefficient (Wildman–Crippen LogP) is 2.22. The third kappa shape index (κ3) is 6.94. The minimum absolute atomic E-state index is 0.264. The van der Waals surface area contributed by atoms with Crippen LogP contribution in [0.2, 0.25) is 0 Å². The third-order valence-electron chi connectivity index (χ3n) is 5.44. The summed E-state index contributed by atoms with van der Waals surface area (Å²) in [6.07, 6.45) is 0.996. The van der Waals surface area contributed by atoms with E-state index >= 15 is 0 Å². The van der Waals surface area contributed by atoms with Gasteiger partial charge in [-0.25, -0.2) is 12.8 Å². The number of aromatic nitrogens is 1. The molecule has 1 saturated heterocycles. The van der Waals surface area contributed by atoms with Crippen molar-refractivity contribution in [1.29, 1.82) is 0 Å². The summed E-state index contributed by atoms with van der Waals surface area (Å²) in [5.74, 6) is -2.71. The number of piperidine rings is 1. The highest BCUT2D eigenvalue weighted by Gasteiger charge is 2.29. The second-order valence-corrected chi connectivity index (χ2v) is 11.7. The molecule has 0 spiro atoms. The summed E-state index contributed by atoms with van der Waals surface area (Å²) in [6, 6.07) is 4.25. The zero-order valence-corrected chi connectivity index (χ0v) is 20.8. The fraction of sp³-hybridized carbons (Fsp3) is 0.591. The molecule has 1 aliphatic heterocycles. The van der Waals surface area contributed by atoms with Crippen molar-refractivity contribution in [3.8, 4) is 0 Å². The van der Waals surface area contributed by atoms with E-state index in [-0.39, 0.29) is 4.80 Å².